The predicted molar refractivity (Wildman–Crippen MR) is 90.7 cm³/mol. The largest absolute Gasteiger partial charge is 0.394 e. The molecule has 0 radical (unpaired) electrons. The fourth-order valence-electron chi connectivity index (χ4n) is 3.84. The standard InChI is InChI=1S/C17H37N3O/c1-7-16-12-19(6)9-8-10-20(16)15(4)11-17(5,13-21)18-14(2)3/h14-16,18,21H,7-13H2,1-6H3. The molecule has 1 saturated heterocycles. The van der Waals surface area contributed by atoms with Crippen LogP contribution in [0.15, 0.2) is 0 Å². The third-order valence-electron chi connectivity index (χ3n) is 4.72. The number of likely N-dealkylation sites (N-methyl/N-ethyl adjacent to an activating group) is 1. The quantitative estimate of drug-likeness (QED) is 0.753. The van der Waals surface area contributed by atoms with E-state index in [2.05, 4.69) is 56.8 Å². The molecule has 0 amide bonds. The van der Waals surface area contributed by atoms with E-state index >= 15 is 0 Å². The smallest absolute Gasteiger partial charge is 0.0611 e. The molecule has 0 spiro atoms. The SMILES string of the molecule is CCC1CN(C)CCCN1C(C)CC(C)(CO)NC(C)C. The molecule has 4 nitrogen and oxygen atoms in total. The van der Waals surface area contributed by atoms with Crippen LogP contribution in [-0.4, -0.2) is 71.9 Å². The Hall–Kier alpha value is -0.160. The van der Waals surface area contributed by atoms with Crippen LogP contribution in [0.25, 0.3) is 0 Å². The molecule has 0 saturated carbocycles. The lowest BCUT2D eigenvalue weighted by Gasteiger charge is -2.40. The molecule has 4 heteroatoms. The topological polar surface area (TPSA) is 38.7 Å². The van der Waals surface area contributed by atoms with Crippen molar-refractivity contribution in [3.63, 3.8) is 0 Å². The number of rotatable bonds is 7. The summed E-state index contributed by atoms with van der Waals surface area (Å²) >= 11 is 0. The Labute approximate surface area is 131 Å². The van der Waals surface area contributed by atoms with E-state index in [0.29, 0.717) is 18.1 Å². The molecule has 126 valence electrons. The lowest BCUT2D eigenvalue weighted by atomic mass is 9.92. The average Bonchev–Trinajstić information content (AvgIpc) is 2.59. The van der Waals surface area contributed by atoms with Gasteiger partial charge in [0.1, 0.15) is 0 Å². The predicted octanol–water partition coefficient (Wildman–Crippen LogP) is 1.93. The maximum atomic E-state index is 9.81. The van der Waals surface area contributed by atoms with E-state index in [0.717, 1.165) is 13.0 Å². The average molecular weight is 300 g/mol. The first-order valence-corrected chi connectivity index (χ1v) is 8.64. The zero-order valence-corrected chi connectivity index (χ0v) is 15.0. The van der Waals surface area contributed by atoms with Gasteiger partial charge < -0.3 is 15.3 Å². The summed E-state index contributed by atoms with van der Waals surface area (Å²) in [5.74, 6) is 0. The highest BCUT2D eigenvalue weighted by Crippen LogP contribution is 2.22. The summed E-state index contributed by atoms with van der Waals surface area (Å²) in [5.41, 5.74) is -0.190. The monoisotopic (exact) mass is 299 g/mol. The van der Waals surface area contributed by atoms with Crippen molar-refractivity contribution in [1.82, 2.24) is 15.1 Å². The Morgan fingerprint density at radius 1 is 1.29 bits per heavy atom. The van der Waals surface area contributed by atoms with Gasteiger partial charge in [0.15, 0.2) is 0 Å². The number of hydrogen-bond donors (Lipinski definition) is 2. The van der Waals surface area contributed by atoms with E-state index in [1.807, 2.05) is 0 Å². The van der Waals surface area contributed by atoms with E-state index in [4.69, 9.17) is 0 Å². The highest BCUT2D eigenvalue weighted by Gasteiger charge is 2.32. The highest BCUT2D eigenvalue weighted by molar-refractivity contribution is 4.91. The number of nitrogens with zero attached hydrogens (tertiary/aromatic N) is 2. The molecule has 0 bridgehead atoms. The van der Waals surface area contributed by atoms with Gasteiger partial charge in [-0.1, -0.05) is 20.8 Å². The fourth-order valence-corrected chi connectivity index (χ4v) is 3.84. The minimum Gasteiger partial charge on any atom is -0.394 e. The van der Waals surface area contributed by atoms with Crippen molar-refractivity contribution in [2.75, 3.05) is 33.3 Å². The fraction of sp³-hybridized carbons (Fsp3) is 1.00. The van der Waals surface area contributed by atoms with E-state index < -0.39 is 0 Å². The summed E-state index contributed by atoms with van der Waals surface area (Å²) in [7, 11) is 2.23. The van der Waals surface area contributed by atoms with Gasteiger partial charge in [-0.15, -0.1) is 0 Å². The lowest BCUT2D eigenvalue weighted by molar-refractivity contribution is 0.0821. The molecule has 2 N–H and O–H groups in total. The zero-order valence-electron chi connectivity index (χ0n) is 15.0. The second kappa shape index (κ2) is 8.47. The molecule has 1 aliphatic rings. The van der Waals surface area contributed by atoms with Crippen LogP contribution in [0.4, 0.5) is 0 Å². The molecule has 1 heterocycles. The molecule has 0 aromatic carbocycles. The van der Waals surface area contributed by atoms with Crippen LogP contribution in [0.5, 0.6) is 0 Å². The van der Waals surface area contributed by atoms with Crippen molar-refractivity contribution in [2.24, 2.45) is 0 Å². The van der Waals surface area contributed by atoms with Gasteiger partial charge in [0.25, 0.3) is 0 Å². The summed E-state index contributed by atoms with van der Waals surface area (Å²) in [6, 6.07) is 1.52. The molecule has 1 aliphatic heterocycles. The van der Waals surface area contributed by atoms with Crippen molar-refractivity contribution in [3.05, 3.63) is 0 Å². The minimum atomic E-state index is -0.190. The Bertz CT molecular complexity index is 298. The summed E-state index contributed by atoms with van der Waals surface area (Å²) in [6.07, 6.45) is 3.43. The first-order valence-electron chi connectivity index (χ1n) is 8.64. The summed E-state index contributed by atoms with van der Waals surface area (Å²) in [4.78, 5) is 5.12. The summed E-state index contributed by atoms with van der Waals surface area (Å²) < 4.78 is 0. The number of aliphatic hydroxyl groups is 1. The van der Waals surface area contributed by atoms with Gasteiger partial charge in [-0.25, -0.2) is 0 Å². The number of aliphatic hydroxyl groups excluding tert-OH is 1. The van der Waals surface area contributed by atoms with Crippen molar-refractivity contribution in [1.29, 1.82) is 0 Å². The zero-order chi connectivity index (χ0) is 16.0. The molecule has 1 rings (SSSR count). The summed E-state index contributed by atoms with van der Waals surface area (Å²) in [5, 5.41) is 13.4. The van der Waals surface area contributed by atoms with Crippen molar-refractivity contribution in [2.45, 2.75) is 77.5 Å². The van der Waals surface area contributed by atoms with Crippen LogP contribution in [0.3, 0.4) is 0 Å². The highest BCUT2D eigenvalue weighted by atomic mass is 16.3. The van der Waals surface area contributed by atoms with E-state index in [1.54, 1.807) is 0 Å². The third-order valence-corrected chi connectivity index (χ3v) is 4.72. The first-order chi connectivity index (χ1) is 9.81. The van der Waals surface area contributed by atoms with Crippen LogP contribution in [0, 0.1) is 0 Å². The van der Waals surface area contributed by atoms with E-state index in [1.165, 1.54) is 25.9 Å². The van der Waals surface area contributed by atoms with Crippen molar-refractivity contribution < 1.29 is 5.11 Å². The van der Waals surface area contributed by atoms with E-state index in [9.17, 15) is 5.11 Å². The van der Waals surface area contributed by atoms with Gasteiger partial charge in [-0.05, 0) is 53.2 Å². The maximum Gasteiger partial charge on any atom is 0.0611 e. The maximum absolute atomic E-state index is 9.81. The Balaban J connectivity index is 2.72. The van der Waals surface area contributed by atoms with Crippen LogP contribution >= 0.6 is 0 Å². The number of nitrogens with one attached hydrogen (secondary N) is 1. The lowest BCUT2D eigenvalue weighted by Crippen LogP contribution is -2.54. The number of hydrogen-bond acceptors (Lipinski definition) is 4. The molecule has 0 aromatic heterocycles. The van der Waals surface area contributed by atoms with Gasteiger partial charge in [0.2, 0.25) is 0 Å². The van der Waals surface area contributed by atoms with Gasteiger partial charge >= 0.3 is 0 Å². The van der Waals surface area contributed by atoms with Gasteiger partial charge in [0, 0.05) is 30.2 Å². The molecule has 0 aliphatic carbocycles. The Morgan fingerprint density at radius 2 is 1.95 bits per heavy atom. The molecule has 3 atom stereocenters. The van der Waals surface area contributed by atoms with E-state index in [-0.39, 0.29) is 12.1 Å². The molecular formula is C17H37N3O. The van der Waals surface area contributed by atoms with Crippen LogP contribution in [-0.2, 0) is 0 Å². The van der Waals surface area contributed by atoms with Crippen LogP contribution < -0.4 is 5.32 Å². The van der Waals surface area contributed by atoms with Crippen LogP contribution in [0.2, 0.25) is 0 Å². The molecule has 0 aromatic rings. The Morgan fingerprint density at radius 3 is 2.48 bits per heavy atom. The van der Waals surface area contributed by atoms with Crippen molar-refractivity contribution >= 4 is 0 Å². The summed E-state index contributed by atoms with van der Waals surface area (Å²) in [6.45, 7) is 14.8. The van der Waals surface area contributed by atoms with Gasteiger partial charge in [-0.3, -0.25) is 4.90 Å². The second-order valence-electron chi connectivity index (χ2n) is 7.49. The Kier molecular flexibility index (Phi) is 7.62. The van der Waals surface area contributed by atoms with Gasteiger partial charge in [0.05, 0.1) is 6.61 Å². The van der Waals surface area contributed by atoms with Gasteiger partial charge in [-0.2, -0.15) is 0 Å². The van der Waals surface area contributed by atoms with Crippen LogP contribution in [0.1, 0.15) is 53.9 Å². The molecular weight excluding hydrogens is 262 g/mol. The second-order valence-corrected chi connectivity index (χ2v) is 7.49. The minimum absolute atomic E-state index is 0.190. The van der Waals surface area contributed by atoms with Crippen molar-refractivity contribution in [3.8, 4) is 0 Å². The molecule has 3 unspecified atom stereocenters. The molecule has 21 heavy (non-hydrogen) atoms. The normalized spacial score (nSPS) is 26.6. The first kappa shape index (κ1) is 18.9. The molecule has 1 fully saturated rings. The third kappa shape index (κ3) is 5.85.